The van der Waals surface area contributed by atoms with Crippen molar-refractivity contribution in [2.24, 2.45) is 10.9 Å². The zero-order chi connectivity index (χ0) is 18.5. The van der Waals surface area contributed by atoms with Crippen molar-refractivity contribution in [1.82, 2.24) is 0 Å². The lowest BCUT2D eigenvalue weighted by Gasteiger charge is -2.24. The molecule has 0 heterocycles. The molecule has 1 aliphatic carbocycles. The highest BCUT2D eigenvalue weighted by Gasteiger charge is 2.23. The van der Waals surface area contributed by atoms with E-state index >= 15 is 0 Å². The molecule has 2 aromatic carbocycles. The van der Waals surface area contributed by atoms with Crippen LogP contribution in [0.3, 0.4) is 0 Å². The Balaban J connectivity index is 2.02. The summed E-state index contributed by atoms with van der Waals surface area (Å²) in [7, 11) is 1.35. The van der Waals surface area contributed by atoms with Crippen LogP contribution in [0.4, 0.5) is 11.4 Å². The molecule has 1 saturated carbocycles. The fraction of sp³-hybridized carbons (Fsp3) is 0.333. The second-order valence-corrected chi connectivity index (χ2v) is 6.64. The van der Waals surface area contributed by atoms with Gasteiger partial charge in [-0.05, 0) is 49.2 Å². The predicted octanol–water partition coefficient (Wildman–Crippen LogP) is 4.46. The number of esters is 1. The summed E-state index contributed by atoms with van der Waals surface area (Å²) in [4.78, 5) is 16.6. The van der Waals surface area contributed by atoms with Gasteiger partial charge >= 0.3 is 5.97 Å². The summed E-state index contributed by atoms with van der Waals surface area (Å²) < 4.78 is 4.77. The summed E-state index contributed by atoms with van der Waals surface area (Å²) in [6.07, 6.45) is 5.77. The van der Waals surface area contributed by atoms with Crippen LogP contribution in [0.15, 0.2) is 47.5 Å². The monoisotopic (exact) mass is 352 g/mol. The average molecular weight is 352 g/mol. The third kappa shape index (κ3) is 4.04. The number of phenols is 1. The predicted molar refractivity (Wildman–Crippen MR) is 103 cm³/mol. The van der Waals surface area contributed by atoms with E-state index in [0.29, 0.717) is 17.2 Å². The van der Waals surface area contributed by atoms with Crippen molar-refractivity contribution in [3.05, 3.63) is 53.6 Å². The second kappa shape index (κ2) is 8.04. The summed E-state index contributed by atoms with van der Waals surface area (Å²) in [5.41, 5.74) is 9.81. The van der Waals surface area contributed by atoms with Crippen molar-refractivity contribution in [1.29, 1.82) is 0 Å². The van der Waals surface area contributed by atoms with E-state index in [0.717, 1.165) is 29.8 Å². The van der Waals surface area contributed by atoms with Crippen molar-refractivity contribution >= 4 is 23.1 Å². The normalized spacial score (nSPS) is 15.7. The molecule has 0 bridgehead atoms. The quantitative estimate of drug-likeness (QED) is 0.483. The average Bonchev–Trinajstić information content (AvgIpc) is 2.68. The van der Waals surface area contributed by atoms with Crippen LogP contribution in [-0.4, -0.2) is 23.9 Å². The first-order valence-electron chi connectivity index (χ1n) is 8.94. The number of nitrogens with two attached hydrogens (primary N) is 1. The molecule has 1 aliphatic rings. The molecule has 0 aliphatic heterocycles. The van der Waals surface area contributed by atoms with Gasteiger partial charge in [0.05, 0.1) is 24.1 Å². The van der Waals surface area contributed by atoms with E-state index in [-0.39, 0.29) is 5.75 Å². The maximum absolute atomic E-state index is 11.7. The van der Waals surface area contributed by atoms with Crippen LogP contribution in [0, 0.1) is 5.92 Å². The number of aromatic hydroxyl groups is 1. The molecule has 0 unspecified atom stereocenters. The Morgan fingerprint density at radius 1 is 1.12 bits per heavy atom. The molecular formula is C21H24N2O3. The number of carbonyl (C=O) groups is 1. The number of anilines is 1. The number of nitrogen functional groups attached to an aromatic ring is 1. The van der Waals surface area contributed by atoms with Crippen LogP contribution in [-0.2, 0) is 4.74 Å². The Bertz CT molecular complexity index is 807. The van der Waals surface area contributed by atoms with Gasteiger partial charge < -0.3 is 15.6 Å². The van der Waals surface area contributed by atoms with Gasteiger partial charge in [0.2, 0.25) is 0 Å². The number of aliphatic imine (C=N–C) groups is 1. The van der Waals surface area contributed by atoms with Crippen LogP contribution in [0.1, 0.15) is 48.0 Å². The second-order valence-electron chi connectivity index (χ2n) is 6.64. The van der Waals surface area contributed by atoms with Gasteiger partial charge in [-0.3, -0.25) is 4.99 Å². The first kappa shape index (κ1) is 18.0. The van der Waals surface area contributed by atoms with Crippen molar-refractivity contribution < 1.29 is 14.6 Å². The van der Waals surface area contributed by atoms with E-state index in [4.69, 9.17) is 15.5 Å². The fourth-order valence-electron chi connectivity index (χ4n) is 3.45. The van der Waals surface area contributed by atoms with Gasteiger partial charge in [-0.15, -0.1) is 0 Å². The van der Waals surface area contributed by atoms with Gasteiger partial charge in [0, 0.05) is 17.2 Å². The Labute approximate surface area is 153 Å². The Morgan fingerprint density at radius 2 is 1.81 bits per heavy atom. The SMILES string of the molecule is COC(=O)c1ccc(C(=Nc2ccc(O)cc2)C2CCCCC2)c(N)c1. The lowest BCUT2D eigenvalue weighted by molar-refractivity contribution is 0.0601. The van der Waals surface area contributed by atoms with Crippen LogP contribution in [0.2, 0.25) is 0 Å². The summed E-state index contributed by atoms with van der Waals surface area (Å²) in [5, 5.41) is 9.49. The van der Waals surface area contributed by atoms with Crippen LogP contribution >= 0.6 is 0 Å². The number of ether oxygens (including phenoxy) is 1. The number of phenolic OH excluding ortho intramolecular Hbond substituents is 1. The minimum atomic E-state index is -0.405. The zero-order valence-corrected chi connectivity index (χ0v) is 14.9. The molecule has 3 N–H and O–H groups in total. The third-order valence-corrected chi connectivity index (χ3v) is 4.84. The zero-order valence-electron chi connectivity index (χ0n) is 14.9. The summed E-state index contributed by atoms with van der Waals surface area (Å²) in [6.45, 7) is 0. The first-order valence-corrected chi connectivity index (χ1v) is 8.94. The number of methoxy groups -OCH3 is 1. The van der Waals surface area contributed by atoms with E-state index in [1.54, 1.807) is 36.4 Å². The highest BCUT2D eigenvalue weighted by molar-refractivity contribution is 6.08. The summed E-state index contributed by atoms with van der Waals surface area (Å²) in [6, 6.07) is 12.1. The molecular weight excluding hydrogens is 328 g/mol. The fourth-order valence-corrected chi connectivity index (χ4v) is 3.45. The standard InChI is InChI=1S/C21H24N2O3/c1-26-21(25)15-7-12-18(19(22)13-15)20(14-5-3-2-4-6-14)23-16-8-10-17(24)11-9-16/h7-14,24H,2-6,22H2,1H3. The third-order valence-electron chi connectivity index (χ3n) is 4.84. The summed E-state index contributed by atoms with van der Waals surface area (Å²) in [5.74, 6) is 0.145. The number of nitrogens with zero attached hydrogens (tertiary/aromatic N) is 1. The molecule has 0 amide bonds. The number of hydrogen-bond donors (Lipinski definition) is 2. The van der Waals surface area contributed by atoms with Gasteiger partial charge in [0.25, 0.3) is 0 Å². The molecule has 0 atom stereocenters. The molecule has 26 heavy (non-hydrogen) atoms. The van der Waals surface area contributed by atoms with Crippen LogP contribution < -0.4 is 5.73 Å². The van der Waals surface area contributed by atoms with Crippen LogP contribution in [0.5, 0.6) is 5.75 Å². The molecule has 0 saturated heterocycles. The molecule has 2 aromatic rings. The molecule has 0 spiro atoms. The van der Waals surface area contributed by atoms with E-state index in [1.807, 2.05) is 6.07 Å². The van der Waals surface area contributed by atoms with Gasteiger partial charge in [-0.25, -0.2) is 4.79 Å². The molecule has 136 valence electrons. The first-order chi connectivity index (χ1) is 12.6. The molecule has 1 fully saturated rings. The van der Waals surface area contributed by atoms with Crippen molar-refractivity contribution in [3.63, 3.8) is 0 Å². The maximum atomic E-state index is 11.7. The Morgan fingerprint density at radius 3 is 2.42 bits per heavy atom. The maximum Gasteiger partial charge on any atom is 0.337 e. The summed E-state index contributed by atoms with van der Waals surface area (Å²) >= 11 is 0. The Hall–Kier alpha value is -2.82. The minimum Gasteiger partial charge on any atom is -0.508 e. The highest BCUT2D eigenvalue weighted by atomic mass is 16.5. The van der Waals surface area contributed by atoms with E-state index in [1.165, 1.54) is 26.4 Å². The largest absolute Gasteiger partial charge is 0.508 e. The highest BCUT2D eigenvalue weighted by Crippen LogP contribution is 2.32. The van der Waals surface area contributed by atoms with E-state index in [2.05, 4.69) is 0 Å². The van der Waals surface area contributed by atoms with E-state index in [9.17, 15) is 9.90 Å². The molecule has 5 heteroatoms. The molecule has 0 radical (unpaired) electrons. The molecule has 0 aromatic heterocycles. The van der Waals surface area contributed by atoms with Gasteiger partial charge in [0.15, 0.2) is 0 Å². The van der Waals surface area contributed by atoms with Gasteiger partial charge in [-0.1, -0.05) is 25.3 Å². The molecule has 5 nitrogen and oxygen atoms in total. The van der Waals surface area contributed by atoms with Gasteiger partial charge in [-0.2, -0.15) is 0 Å². The Kier molecular flexibility index (Phi) is 5.56. The van der Waals surface area contributed by atoms with Crippen molar-refractivity contribution in [3.8, 4) is 5.75 Å². The lowest BCUT2D eigenvalue weighted by atomic mass is 9.82. The van der Waals surface area contributed by atoms with Crippen molar-refractivity contribution in [2.75, 3.05) is 12.8 Å². The lowest BCUT2D eigenvalue weighted by Crippen LogP contribution is -2.20. The van der Waals surface area contributed by atoms with Crippen LogP contribution in [0.25, 0.3) is 0 Å². The smallest absolute Gasteiger partial charge is 0.337 e. The number of hydrogen-bond acceptors (Lipinski definition) is 5. The van der Waals surface area contributed by atoms with Crippen molar-refractivity contribution in [2.45, 2.75) is 32.1 Å². The number of benzene rings is 2. The minimum absolute atomic E-state index is 0.213. The van der Waals surface area contributed by atoms with E-state index < -0.39 is 5.97 Å². The molecule has 3 rings (SSSR count). The number of carbonyl (C=O) groups excluding carboxylic acids is 1. The number of rotatable bonds is 4. The topological polar surface area (TPSA) is 84.9 Å². The van der Waals surface area contributed by atoms with Gasteiger partial charge in [0.1, 0.15) is 5.75 Å².